The summed E-state index contributed by atoms with van der Waals surface area (Å²) in [6.45, 7) is 1.19. The van der Waals surface area contributed by atoms with Gasteiger partial charge in [0.05, 0.1) is 5.39 Å². The monoisotopic (exact) mass is 339 g/mol. The van der Waals surface area contributed by atoms with E-state index < -0.39 is 0 Å². The molecule has 3 heterocycles. The molecule has 1 aliphatic carbocycles. The zero-order valence-electron chi connectivity index (χ0n) is 13.2. The highest BCUT2D eigenvalue weighted by molar-refractivity contribution is 7.19. The van der Waals surface area contributed by atoms with Crippen LogP contribution in [0.1, 0.15) is 23.3 Å². The van der Waals surface area contributed by atoms with Crippen molar-refractivity contribution in [2.24, 2.45) is 0 Å². The SMILES string of the molecule is c1nc(Nc2ccc3c(c2)OCCO3)c2c3c(sc2n1)CCCC3. The van der Waals surface area contributed by atoms with Gasteiger partial charge >= 0.3 is 0 Å². The van der Waals surface area contributed by atoms with Crippen LogP contribution in [0.25, 0.3) is 10.2 Å². The second-order valence-corrected chi connectivity index (χ2v) is 7.18. The lowest BCUT2D eigenvalue weighted by molar-refractivity contribution is 0.171. The maximum absolute atomic E-state index is 5.67. The highest BCUT2D eigenvalue weighted by atomic mass is 32.1. The second kappa shape index (κ2) is 5.63. The molecule has 5 nitrogen and oxygen atoms in total. The van der Waals surface area contributed by atoms with E-state index in [9.17, 15) is 0 Å². The Hall–Kier alpha value is -2.34. The van der Waals surface area contributed by atoms with Crippen LogP contribution in [0.2, 0.25) is 0 Å². The molecule has 1 aromatic carbocycles. The van der Waals surface area contributed by atoms with Gasteiger partial charge in [0.1, 0.15) is 30.2 Å². The molecule has 0 bridgehead atoms. The second-order valence-electron chi connectivity index (χ2n) is 6.10. The Morgan fingerprint density at radius 1 is 1.00 bits per heavy atom. The van der Waals surface area contributed by atoms with E-state index in [0.717, 1.165) is 34.3 Å². The maximum Gasteiger partial charge on any atom is 0.163 e. The van der Waals surface area contributed by atoms with Crippen LogP contribution in [0.15, 0.2) is 24.5 Å². The quantitative estimate of drug-likeness (QED) is 0.762. The van der Waals surface area contributed by atoms with E-state index in [1.54, 1.807) is 6.33 Å². The van der Waals surface area contributed by atoms with Gasteiger partial charge in [-0.25, -0.2) is 9.97 Å². The fourth-order valence-corrected chi connectivity index (χ4v) is 4.67. The zero-order chi connectivity index (χ0) is 15.9. The molecule has 122 valence electrons. The lowest BCUT2D eigenvalue weighted by atomic mass is 9.97. The van der Waals surface area contributed by atoms with Crippen molar-refractivity contribution in [3.05, 3.63) is 35.0 Å². The van der Waals surface area contributed by atoms with E-state index >= 15 is 0 Å². The van der Waals surface area contributed by atoms with Crippen molar-refractivity contribution in [1.82, 2.24) is 9.97 Å². The molecule has 0 radical (unpaired) electrons. The first-order valence-electron chi connectivity index (χ1n) is 8.30. The Kier molecular flexibility index (Phi) is 3.29. The molecule has 0 amide bonds. The van der Waals surface area contributed by atoms with Gasteiger partial charge in [0, 0.05) is 16.6 Å². The summed E-state index contributed by atoms with van der Waals surface area (Å²) in [7, 11) is 0. The molecular weight excluding hydrogens is 322 g/mol. The summed E-state index contributed by atoms with van der Waals surface area (Å²) in [6, 6.07) is 5.92. The first kappa shape index (κ1) is 14.0. The van der Waals surface area contributed by atoms with E-state index in [1.807, 2.05) is 29.5 Å². The van der Waals surface area contributed by atoms with Crippen molar-refractivity contribution in [2.45, 2.75) is 25.7 Å². The number of fused-ring (bicyclic) bond motifs is 4. The minimum Gasteiger partial charge on any atom is -0.486 e. The number of rotatable bonds is 2. The highest BCUT2D eigenvalue weighted by Crippen LogP contribution is 2.40. The third kappa shape index (κ3) is 2.29. The van der Waals surface area contributed by atoms with E-state index in [1.165, 1.54) is 35.1 Å². The predicted octanol–water partition coefficient (Wildman–Crippen LogP) is 4.08. The third-order valence-corrected chi connectivity index (χ3v) is 5.76. The summed E-state index contributed by atoms with van der Waals surface area (Å²) in [5.41, 5.74) is 2.39. The number of aryl methyl sites for hydroxylation is 2. The molecule has 24 heavy (non-hydrogen) atoms. The average Bonchev–Trinajstić information content (AvgIpc) is 3.01. The first-order chi connectivity index (χ1) is 11.9. The number of aromatic nitrogens is 2. The predicted molar refractivity (Wildman–Crippen MR) is 94.8 cm³/mol. The van der Waals surface area contributed by atoms with Crippen LogP contribution >= 0.6 is 11.3 Å². The van der Waals surface area contributed by atoms with E-state index in [2.05, 4.69) is 15.3 Å². The Bertz CT molecular complexity index is 922. The number of ether oxygens (including phenoxy) is 2. The lowest BCUT2D eigenvalue weighted by Gasteiger charge is -2.19. The summed E-state index contributed by atoms with van der Waals surface area (Å²) in [5.74, 6) is 2.47. The summed E-state index contributed by atoms with van der Waals surface area (Å²) < 4.78 is 11.3. The van der Waals surface area contributed by atoms with Gasteiger partial charge in [0.25, 0.3) is 0 Å². The Morgan fingerprint density at radius 2 is 1.88 bits per heavy atom. The van der Waals surface area contributed by atoms with Gasteiger partial charge < -0.3 is 14.8 Å². The average molecular weight is 339 g/mol. The summed E-state index contributed by atoms with van der Waals surface area (Å²) in [6.07, 6.45) is 6.46. The summed E-state index contributed by atoms with van der Waals surface area (Å²) in [5, 5.41) is 4.64. The van der Waals surface area contributed by atoms with E-state index in [4.69, 9.17) is 9.47 Å². The number of anilines is 2. The van der Waals surface area contributed by atoms with Crippen molar-refractivity contribution in [3.8, 4) is 11.5 Å². The lowest BCUT2D eigenvalue weighted by Crippen LogP contribution is -2.15. The molecule has 3 aromatic rings. The summed E-state index contributed by atoms with van der Waals surface area (Å²) >= 11 is 1.81. The maximum atomic E-state index is 5.67. The minimum absolute atomic E-state index is 0.590. The molecule has 5 rings (SSSR count). The minimum atomic E-state index is 0.590. The molecule has 1 N–H and O–H groups in total. The van der Waals surface area contributed by atoms with Crippen molar-refractivity contribution in [3.63, 3.8) is 0 Å². The van der Waals surface area contributed by atoms with Crippen LogP contribution in [0.5, 0.6) is 11.5 Å². The molecule has 6 heteroatoms. The van der Waals surface area contributed by atoms with E-state index in [-0.39, 0.29) is 0 Å². The van der Waals surface area contributed by atoms with Gasteiger partial charge in [-0.1, -0.05) is 0 Å². The van der Waals surface area contributed by atoms with Gasteiger partial charge in [-0.2, -0.15) is 0 Å². The van der Waals surface area contributed by atoms with Crippen molar-refractivity contribution >= 4 is 33.1 Å². The summed E-state index contributed by atoms with van der Waals surface area (Å²) in [4.78, 5) is 11.5. The molecule has 1 aliphatic heterocycles. The smallest absolute Gasteiger partial charge is 0.163 e. The van der Waals surface area contributed by atoms with Crippen LogP contribution in [-0.4, -0.2) is 23.2 Å². The third-order valence-electron chi connectivity index (χ3n) is 4.56. The van der Waals surface area contributed by atoms with Crippen molar-refractivity contribution in [1.29, 1.82) is 0 Å². The fourth-order valence-electron chi connectivity index (χ4n) is 3.44. The van der Waals surface area contributed by atoms with Crippen LogP contribution < -0.4 is 14.8 Å². The molecule has 2 aliphatic rings. The topological polar surface area (TPSA) is 56.3 Å². The Labute approximate surface area is 143 Å². The number of thiophene rings is 1. The largest absolute Gasteiger partial charge is 0.486 e. The van der Waals surface area contributed by atoms with Gasteiger partial charge in [0.2, 0.25) is 0 Å². The van der Waals surface area contributed by atoms with Crippen molar-refractivity contribution in [2.75, 3.05) is 18.5 Å². The molecule has 0 spiro atoms. The Balaban J connectivity index is 1.56. The van der Waals surface area contributed by atoms with Crippen molar-refractivity contribution < 1.29 is 9.47 Å². The fraction of sp³-hybridized carbons (Fsp3) is 0.333. The normalized spacial score (nSPS) is 16.0. The standard InChI is InChI=1S/C18H17N3O2S/c1-2-4-15-12(3-1)16-17(19-10-20-18(16)24-15)21-11-5-6-13-14(9-11)23-8-7-22-13/h5-6,9-10H,1-4,7-8H2,(H,19,20,21). The Morgan fingerprint density at radius 3 is 2.83 bits per heavy atom. The number of benzene rings is 1. The van der Waals surface area contributed by atoms with E-state index in [0.29, 0.717) is 13.2 Å². The van der Waals surface area contributed by atoms with Gasteiger partial charge in [-0.05, 0) is 43.4 Å². The number of hydrogen-bond donors (Lipinski definition) is 1. The molecule has 0 unspecified atom stereocenters. The van der Waals surface area contributed by atoms with Gasteiger partial charge in [-0.3, -0.25) is 0 Å². The van der Waals surface area contributed by atoms with Gasteiger partial charge in [-0.15, -0.1) is 11.3 Å². The first-order valence-corrected chi connectivity index (χ1v) is 9.12. The number of nitrogens with zero attached hydrogens (tertiary/aromatic N) is 2. The molecule has 0 saturated carbocycles. The molecular formula is C18H17N3O2S. The number of hydrogen-bond acceptors (Lipinski definition) is 6. The van der Waals surface area contributed by atoms with Gasteiger partial charge in [0.15, 0.2) is 11.5 Å². The van der Waals surface area contributed by atoms with Crippen LogP contribution in [0.3, 0.4) is 0 Å². The molecule has 2 aromatic heterocycles. The van der Waals surface area contributed by atoms with Crippen LogP contribution in [0, 0.1) is 0 Å². The molecule has 0 atom stereocenters. The van der Waals surface area contributed by atoms with Crippen LogP contribution in [0.4, 0.5) is 11.5 Å². The molecule has 0 saturated heterocycles. The molecule has 0 fully saturated rings. The zero-order valence-corrected chi connectivity index (χ0v) is 14.0. The highest BCUT2D eigenvalue weighted by Gasteiger charge is 2.20. The number of nitrogens with one attached hydrogen (secondary N) is 1. The van der Waals surface area contributed by atoms with Crippen LogP contribution in [-0.2, 0) is 12.8 Å².